The minimum absolute atomic E-state index is 0.210. The lowest BCUT2D eigenvalue weighted by molar-refractivity contribution is -0.147. The molecule has 0 aromatic rings. The van der Waals surface area contributed by atoms with Crippen LogP contribution in [0.4, 0.5) is 0 Å². The van der Waals surface area contributed by atoms with Gasteiger partial charge in [0.15, 0.2) is 0 Å². The Labute approximate surface area is 295 Å². The highest BCUT2D eigenvalue weighted by atomic mass is 16.5. The van der Waals surface area contributed by atoms with Crippen LogP contribution in [0.1, 0.15) is 129 Å². The van der Waals surface area contributed by atoms with Gasteiger partial charge in [-0.25, -0.2) is 4.79 Å². The summed E-state index contributed by atoms with van der Waals surface area (Å²) in [5, 5.41) is 22.5. The van der Waals surface area contributed by atoms with Crippen molar-refractivity contribution in [3.05, 3.63) is 72.9 Å². The minimum atomic E-state index is -1.40. The first-order valence-corrected chi connectivity index (χ1v) is 18.3. The summed E-state index contributed by atoms with van der Waals surface area (Å²) in [6.07, 6.45) is 40.9. The molecule has 49 heavy (non-hydrogen) atoms. The number of aliphatic hydroxyl groups excluding tert-OH is 1. The third kappa shape index (κ3) is 31.3. The molecule has 0 heterocycles. The molecule has 0 aliphatic rings. The van der Waals surface area contributed by atoms with Crippen molar-refractivity contribution >= 4 is 23.8 Å². The number of amides is 2. The Morgan fingerprint density at radius 2 is 1.24 bits per heavy atom. The van der Waals surface area contributed by atoms with Gasteiger partial charge in [-0.15, -0.1) is 0 Å². The second-order valence-corrected chi connectivity index (χ2v) is 11.9. The third-order valence-electron chi connectivity index (χ3n) is 7.44. The fourth-order valence-corrected chi connectivity index (χ4v) is 4.62. The van der Waals surface area contributed by atoms with Gasteiger partial charge in [-0.05, 0) is 76.7 Å². The molecule has 276 valence electrons. The molecule has 0 aromatic carbocycles. The topological polar surface area (TPSA) is 142 Å². The van der Waals surface area contributed by atoms with Crippen LogP contribution in [0.2, 0.25) is 0 Å². The molecular weight excluding hydrogens is 620 g/mol. The highest BCUT2D eigenvalue weighted by Gasteiger charge is 2.18. The van der Waals surface area contributed by atoms with Crippen LogP contribution in [0.3, 0.4) is 0 Å². The van der Waals surface area contributed by atoms with Crippen LogP contribution in [0.5, 0.6) is 0 Å². The summed E-state index contributed by atoms with van der Waals surface area (Å²) >= 11 is 0. The van der Waals surface area contributed by atoms with Crippen LogP contribution < -0.4 is 10.6 Å². The molecule has 0 spiro atoms. The molecule has 4 N–H and O–H groups in total. The highest BCUT2D eigenvalue weighted by Crippen LogP contribution is 2.13. The first-order chi connectivity index (χ1) is 23.8. The maximum absolute atomic E-state index is 12.6. The number of nitrogens with one attached hydrogen (secondary N) is 2. The lowest BCUT2D eigenvalue weighted by Crippen LogP contribution is -2.47. The Morgan fingerprint density at radius 1 is 0.653 bits per heavy atom. The zero-order valence-electron chi connectivity index (χ0n) is 30.2. The number of carboxylic acid groups (broad SMARTS) is 1. The van der Waals surface area contributed by atoms with Crippen LogP contribution in [0.25, 0.3) is 0 Å². The van der Waals surface area contributed by atoms with E-state index in [1.165, 1.54) is 25.7 Å². The normalized spacial score (nSPS) is 13.4. The van der Waals surface area contributed by atoms with Gasteiger partial charge in [0.1, 0.15) is 12.1 Å². The first-order valence-electron chi connectivity index (χ1n) is 18.3. The van der Waals surface area contributed by atoms with E-state index >= 15 is 0 Å². The second-order valence-electron chi connectivity index (χ2n) is 11.9. The highest BCUT2D eigenvalue weighted by molar-refractivity contribution is 5.87. The van der Waals surface area contributed by atoms with Gasteiger partial charge < -0.3 is 25.6 Å². The molecule has 0 aromatic heterocycles. The van der Waals surface area contributed by atoms with E-state index in [2.05, 4.69) is 85.2 Å². The number of carboxylic acids is 1. The van der Waals surface area contributed by atoms with E-state index in [9.17, 15) is 19.2 Å². The van der Waals surface area contributed by atoms with E-state index in [-0.39, 0.29) is 30.9 Å². The molecule has 0 radical (unpaired) electrons. The Hall–Kier alpha value is -3.72. The van der Waals surface area contributed by atoms with E-state index in [0.717, 1.165) is 57.8 Å². The number of hydrogen-bond donors (Lipinski definition) is 4. The van der Waals surface area contributed by atoms with Crippen molar-refractivity contribution in [3.63, 3.8) is 0 Å². The molecule has 9 heteroatoms. The lowest BCUT2D eigenvalue weighted by atomic mass is 10.1. The smallest absolute Gasteiger partial charge is 0.328 e. The number of allylic oxidation sites excluding steroid dienone is 11. The molecule has 9 nitrogen and oxygen atoms in total. The fraction of sp³-hybridized carbons (Fsp3) is 0.600. The van der Waals surface area contributed by atoms with Crippen molar-refractivity contribution in [1.82, 2.24) is 10.6 Å². The summed E-state index contributed by atoms with van der Waals surface area (Å²) in [4.78, 5) is 47.3. The molecule has 0 aliphatic carbocycles. The zero-order chi connectivity index (χ0) is 36.2. The molecule has 2 atom stereocenters. The van der Waals surface area contributed by atoms with Crippen LogP contribution in [-0.4, -0.2) is 59.3 Å². The van der Waals surface area contributed by atoms with E-state index in [1.807, 2.05) is 12.2 Å². The van der Waals surface area contributed by atoms with E-state index in [1.54, 1.807) is 0 Å². The summed E-state index contributed by atoms with van der Waals surface area (Å²) in [5.41, 5.74) is 0. The minimum Gasteiger partial charge on any atom is -0.480 e. The van der Waals surface area contributed by atoms with Crippen molar-refractivity contribution in [1.29, 1.82) is 0 Å². The van der Waals surface area contributed by atoms with Crippen LogP contribution in [0.15, 0.2) is 72.9 Å². The molecule has 0 saturated heterocycles. The average molecular weight is 685 g/mol. The van der Waals surface area contributed by atoms with E-state index < -0.39 is 24.5 Å². The molecule has 0 bridgehead atoms. The van der Waals surface area contributed by atoms with E-state index in [4.69, 9.17) is 14.9 Å². The van der Waals surface area contributed by atoms with Crippen molar-refractivity contribution in [2.75, 3.05) is 13.2 Å². The Bertz CT molecular complexity index is 1060. The largest absolute Gasteiger partial charge is 0.480 e. The monoisotopic (exact) mass is 684 g/mol. The van der Waals surface area contributed by atoms with E-state index in [0.29, 0.717) is 25.7 Å². The van der Waals surface area contributed by atoms with Gasteiger partial charge in [0, 0.05) is 12.8 Å². The van der Waals surface area contributed by atoms with Gasteiger partial charge in [-0.3, -0.25) is 14.4 Å². The SMILES string of the molecule is CC/C=C\C/C=C\C/C=C\C/C=C\CCC(=O)OC(/C=C\C/C=C\CCCCCC)CCCCCCC(=O)NCC(=O)NC(CO)C(=O)O. The van der Waals surface area contributed by atoms with Crippen LogP contribution in [0, 0.1) is 0 Å². The summed E-state index contributed by atoms with van der Waals surface area (Å²) in [7, 11) is 0. The zero-order valence-corrected chi connectivity index (χ0v) is 30.2. The van der Waals surface area contributed by atoms with Gasteiger partial charge in [0.2, 0.25) is 11.8 Å². The quantitative estimate of drug-likeness (QED) is 0.0330. The number of aliphatic carboxylic acids is 1. The number of aliphatic hydroxyl groups is 1. The van der Waals surface area contributed by atoms with Crippen molar-refractivity contribution in [2.45, 2.75) is 142 Å². The number of unbranched alkanes of at least 4 members (excludes halogenated alkanes) is 7. The maximum Gasteiger partial charge on any atom is 0.328 e. The third-order valence-corrected chi connectivity index (χ3v) is 7.44. The molecular formula is C40H64N2O7. The molecule has 0 fully saturated rings. The summed E-state index contributed by atoms with van der Waals surface area (Å²) in [6, 6.07) is -1.40. The molecule has 0 rings (SSSR count). The van der Waals surface area contributed by atoms with Crippen LogP contribution >= 0.6 is 0 Å². The number of hydrogen-bond acceptors (Lipinski definition) is 6. The molecule has 2 amide bonds. The Kier molecular flexibility index (Phi) is 31.6. The average Bonchev–Trinajstić information content (AvgIpc) is 3.08. The predicted octanol–water partition coefficient (Wildman–Crippen LogP) is 7.97. The molecule has 0 aliphatic heterocycles. The van der Waals surface area contributed by atoms with Gasteiger partial charge >= 0.3 is 11.9 Å². The maximum atomic E-state index is 12.6. The van der Waals surface area contributed by atoms with Crippen molar-refractivity contribution < 1.29 is 34.1 Å². The Balaban J connectivity index is 4.53. The second kappa shape index (κ2) is 34.2. The van der Waals surface area contributed by atoms with Crippen molar-refractivity contribution in [2.24, 2.45) is 0 Å². The number of carbonyl (C=O) groups excluding carboxylic acids is 3. The molecule has 0 saturated carbocycles. The number of carbonyl (C=O) groups is 4. The number of esters is 1. The first kappa shape index (κ1) is 45.3. The standard InChI is InChI=1S/C40H64N2O7/c1-3-5-7-9-11-13-14-15-16-18-20-22-28-32-39(46)49-35(29-25-21-19-17-12-10-8-6-4-2)30-26-23-24-27-31-37(44)41-33-38(45)42-36(34-43)40(47)48/h5,7,11,13,15-17,19-20,22,25,29,35-36,43H,3-4,6,8-10,12,14,18,21,23-24,26-28,30-34H2,1-2H3,(H,41,44)(H,42,45)(H,47,48)/b7-5-,13-11-,16-15-,19-17-,22-20-,29-25-. The van der Waals surface area contributed by atoms with Gasteiger partial charge in [0.25, 0.3) is 0 Å². The Morgan fingerprint density at radius 3 is 1.88 bits per heavy atom. The van der Waals surface area contributed by atoms with Gasteiger partial charge in [-0.2, -0.15) is 0 Å². The summed E-state index contributed by atoms with van der Waals surface area (Å²) < 4.78 is 5.81. The lowest BCUT2D eigenvalue weighted by Gasteiger charge is -2.14. The van der Waals surface area contributed by atoms with Crippen LogP contribution in [-0.2, 0) is 23.9 Å². The van der Waals surface area contributed by atoms with Gasteiger partial charge in [-0.1, -0.05) is 113 Å². The summed E-state index contributed by atoms with van der Waals surface area (Å²) in [6.45, 7) is 3.26. The molecule has 2 unspecified atom stereocenters. The number of ether oxygens (including phenoxy) is 1. The van der Waals surface area contributed by atoms with Crippen molar-refractivity contribution in [3.8, 4) is 0 Å². The predicted molar refractivity (Wildman–Crippen MR) is 199 cm³/mol. The summed E-state index contributed by atoms with van der Waals surface area (Å²) in [5.74, 6) is -2.53. The van der Waals surface area contributed by atoms with Gasteiger partial charge in [0.05, 0.1) is 13.2 Å². The number of rotatable bonds is 31. The fourth-order valence-electron chi connectivity index (χ4n) is 4.62.